The van der Waals surface area contributed by atoms with Crippen LogP contribution in [0.15, 0.2) is 47.5 Å². The summed E-state index contributed by atoms with van der Waals surface area (Å²) in [5.41, 5.74) is 3.33. The van der Waals surface area contributed by atoms with Crippen molar-refractivity contribution >= 4 is 23.4 Å². The highest BCUT2D eigenvalue weighted by Crippen LogP contribution is 2.22. The molecule has 0 fully saturated rings. The number of dihydropyridines is 1. The molecule has 2 rings (SSSR count). The molecule has 1 aliphatic heterocycles. The number of hydrogen-bond acceptors (Lipinski definition) is 5. The van der Waals surface area contributed by atoms with E-state index < -0.39 is 23.8 Å². The van der Waals surface area contributed by atoms with E-state index in [1.54, 1.807) is 12.4 Å². The molecular formula is C24H34N4O4. The van der Waals surface area contributed by atoms with Crippen LogP contribution in [-0.2, 0) is 20.8 Å². The normalized spacial score (nSPS) is 16.0. The molecule has 0 saturated carbocycles. The molecule has 3 atom stereocenters. The van der Waals surface area contributed by atoms with E-state index in [9.17, 15) is 14.4 Å². The first-order valence-corrected chi connectivity index (χ1v) is 11.1. The van der Waals surface area contributed by atoms with E-state index in [0.29, 0.717) is 19.4 Å². The highest BCUT2D eigenvalue weighted by atomic mass is 16.5. The highest BCUT2D eigenvalue weighted by Gasteiger charge is 2.33. The topological polar surface area (TPSA) is 120 Å². The number of amides is 3. The van der Waals surface area contributed by atoms with Gasteiger partial charge < -0.3 is 10.6 Å². The third kappa shape index (κ3) is 7.92. The highest BCUT2D eigenvalue weighted by molar-refractivity contribution is 6.00. The van der Waals surface area contributed by atoms with Crippen molar-refractivity contribution in [1.29, 1.82) is 0 Å². The molecule has 0 aromatic heterocycles. The summed E-state index contributed by atoms with van der Waals surface area (Å²) in [4.78, 5) is 42.5. The second-order valence-corrected chi connectivity index (χ2v) is 8.53. The third-order valence-corrected chi connectivity index (χ3v) is 5.47. The van der Waals surface area contributed by atoms with E-state index in [-0.39, 0.29) is 24.3 Å². The van der Waals surface area contributed by atoms with Gasteiger partial charge in [0.25, 0.3) is 0 Å². The number of rotatable bonds is 11. The molecule has 4 N–H and O–H groups in total. The van der Waals surface area contributed by atoms with Crippen LogP contribution in [0, 0.1) is 17.8 Å². The van der Waals surface area contributed by atoms with Crippen LogP contribution in [0.5, 0.6) is 0 Å². The van der Waals surface area contributed by atoms with Crippen LogP contribution in [0.2, 0.25) is 0 Å². The Balaban J connectivity index is 2.16. The maximum Gasteiger partial charge on any atom is 0.246 e. The van der Waals surface area contributed by atoms with Crippen LogP contribution in [0.1, 0.15) is 39.2 Å². The fraction of sp³-hybridized carbons (Fsp3) is 0.500. The average Bonchev–Trinajstić information content (AvgIpc) is 2.80. The number of carbonyl (C=O) groups excluding carboxylic acids is 3. The standard InChI is InChI=1S/C24H34N4O4/c1-16(2)13-20(17(3)22(29)28-32)23(30)27-21(14-18-9-5-4-6-10-18)24(31)26-15-19-11-7-8-12-25-19/h4-7,9-11,16-17,20-21,32H,8,12-15H2,1-3H3,(H,26,31)(H,27,30)(H,28,29)/t17-,20+,21-/m0/s1. The second-order valence-electron chi connectivity index (χ2n) is 8.53. The first kappa shape index (κ1) is 25.3. The quantitative estimate of drug-likeness (QED) is 0.310. The lowest BCUT2D eigenvalue weighted by Gasteiger charge is -2.26. The van der Waals surface area contributed by atoms with Gasteiger partial charge in [-0.2, -0.15) is 0 Å². The number of hydrogen-bond donors (Lipinski definition) is 4. The minimum absolute atomic E-state index is 0.150. The Hall–Kier alpha value is -3.00. The van der Waals surface area contributed by atoms with Crippen LogP contribution in [0.4, 0.5) is 0 Å². The summed E-state index contributed by atoms with van der Waals surface area (Å²) in [6.07, 6.45) is 5.56. The lowest BCUT2D eigenvalue weighted by molar-refractivity contribution is -0.141. The first-order chi connectivity index (χ1) is 15.3. The van der Waals surface area contributed by atoms with Crippen molar-refractivity contribution in [1.82, 2.24) is 16.1 Å². The summed E-state index contributed by atoms with van der Waals surface area (Å²) >= 11 is 0. The maximum atomic E-state index is 13.2. The van der Waals surface area contributed by atoms with Crippen molar-refractivity contribution in [2.45, 2.75) is 46.1 Å². The van der Waals surface area contributed by atoms with Gasteiger partial charge >= 0.3 is 0 Å². The molecule has 3 amide bonds. The van der Waals surface area contributed by atoms with Crippen molar-refractivity contribution in [2.75, 3.05) is 13.1 Å². The Bertz CT molecular complexity index is 836. The number of aliphatic imine (C=N–C) groups is 1. The first-order valence-electron chi connectivity index (χ1n) is 11.1. The molecule has 0 spiro atoms. The third-order valence-electron chi connectivity index (χ3n) is 5.47. The van der Waals surface area contributed by atoms with Gasteiger partial charge in [0.05, 0.1) is 12.3 Å². The lowest BCUT2D eigenvalue weighted by atomic mass is 9.85. The van der Waals surface area contributed by atoms with Gasteiger partial charge in [-0.15, -0.1) is 0 Å². The molecule has 32 heavy (non-hydrogen) atoms. The zero-order valence-corrected chi connectivity index (χ0v) is 19.0. The van der Waals surface area contributed by atoms with E-state index >= 15 is 0 Å². The van der Waals surface area contributed by atoms with Gasteiger partial charge in [-0.25, -0.2) is 5.48 Å². The number of hydroxylamine groups is 1. The lowest BCUT2D eigenvalue weighted by Crippen LogP contribution is -2.52. The molecule has 8 nitrogen and oxygen atoms in total. The predicted molar refractivity (Wildman–Crippen MR) is 123 cm³/mol. The summed E-state index contributed by atoms with van der Waals surface area (Å²) < 4.78 is 0. The summed E-state index contributed by atoms with van der Waals surface area (Å²) in [7, 11) is 0. The minimum atomic E-state index is -0.808. The molecule has 0 saturated heterocycles. The van der Waals surface area contributed by atoms with E-state index in [2.05, 4.69) is 15.6 Å². The molecule has 0 radical (unpaired) electrons. The molecule has 1 aromatic rings. The summed E-state index contributed by atoms with van der Waals surface area (Å²) in [6, 6.07) is 8.63. The monoisotopic (exact) mass is 442 g/mol. The van der Waals surface area contributed by atoms with E-state index in [4.69, 9.17) is 5.21 Å². The van der Waals surface area contributed by atoms with Crippen LogP contribution in [0.3, 0.4) is 0 Å². The molecule has 1 aromatic carbocycles. The van der Waals surface area contributed by atoms with Crippen molar-refractivity contribution < 1.29 is 19.6 Å². The molecule has 1 heterocycles. The van der Waals surface area contributed by atoms with Crippen LogP contribution in [0.25, 0.3) is 0 Å². The molecule has 8 heteroatoms. The van der Waals surface area contributed by atoms with Crippen molar-refractivity contribution in [3.63, 3.8) is 0 Å². The van der Waals surface area contributed by atoms with Crippen LogP contribution >= 0.6 is 0 Å². The fourth-order valence-electron chi connectivity index (χ4n) is 3.64. The number of nitrogens with one attached hydrogen (secondary N) is 3. The SMILES string of the molecule is CC(C)C[C@@H](C(=O)N[C@@H](Cc1ccccc1)C(=O)NCC1=NCCC=C1)[C@H](C)C(=O)NO. The largest absolute Gasteiger partial charge is 0.349 e. The van der Waals surface area contributed by atoms with Gasteiger partial charge in [0.1, 0.15) is 6.04 Å². The predicted octanol–water partition coefficient (Wildman–Crippen LogP) is 2.03. The van der Waals surface area contributed by atoms with E-state index in [1.165, 1.54) is 0 Å². The van der Waals surface area contributed by atoms with Crippen molar-refractivity contribution in [3.05, 3.63) is 48.0 Å². The Labute approximate surface area is 189 Å². The Morgan fingerprint density at radius 3 is 2.38 bits per heavy atom. The molecule has 0 bridgehead atoms. The molecule has 174 valence electrons. The molecular weight excluding hydrogens is 408 g/mol. The van der Waals surface area contributed by atoms with Crippen LogP contribution < -0.4 is 16.1 Å². The Morgan fingerprint density at radius 1 is 1.06 bits per heavy atom. The van der Waals surface area contributed by atoms with E-state index in [0.717, 1.165) is 17.7 Å². The number of carbonyl (C=O) groups is 3. The van der Waals surface area contributed by atoms with Crippen molar-refractivity contribution in [2.24, 2.45) is 22.7 Å². The van der Waals surface area contributed by atoms with Gasteiger partial charge in [0, 0.05) is 24.8 Å². The zero-order chi connectivity index (χ0) is 23.5. The number of nitrogens with zero attached hydrogens (tertiary/aromatic N) is 1. The van der Waals surface area contributed by atoms with Gasteiger partial charge in [-0.05, 0) is 30.4 Å². The molecule has 1 aliphatic rings. The number of benzene rings is 1. The summed E-state index contributed by atoms with van der Waals surface area (Å²) in [5.74, 6) is -2.61. The van der Waals surface area contributed by atoms with Gasteiger partial charge in [-0.3, -0.25) is 24.6 Å². The average molecular weight is 443 g/mol. The molecule has 0 unspecified atom stereocenters. The van der Waals surface area contributed by atoms with Gasteiger partial charge in [0.15, 0.2) is 0 Å². The molecule has 0 aliphatic carbocycles. The van der Waals surface area contributed by atoms with Gasteiger partial charge in [0.2, 0.25) is 17.7 Å². The Kier molecular flexibility index (Phi) is 10.1. The summed E-state index contributed by atoms with van der Waals surface area (Å²) in [5, 5.41) is 14.7. The maximum absolute atomic E-state index is 13.2. The minimum Gasteiger partial charge on any atom is -0.349 e. The fourth-order valence-corrected chi connectivity index (χ4v) is 3.64. The summed E-state index contributed by atoms with van der Waals surface area (Å²) in [6.45, 7) is 6.49. The second kappa shape index (κ2) is 12.8. The van der Waals surface area contributed by atoms with Gasteiger partial charge in [-0.1, -0.05) is 57.2 Å². The Morgan fingerprint density at radius 2 is 1.78 bits per heavy atom. The zero-order valence-electron chi connectivity index (χ0n) is 19.0. The van der Waals surface area contributed by atoms with Crippen LogP contribution in [-0.4, -0.2) is 47.8 Å². The van der Waals surface area contributed by atoms with Crippen molar-refractivity contribution in [3.8, 4) is 0 Å². The smallest absolute Gasteiger partial charge is 0.246 e. The van der Waals surface area contributed by atoms with E-state index in [1.807, 2.05) is 56.3 Å².